The number of nitrogens with zero attached hydrogens (tertiary/aromatic N) is 6. The summed E-state index contributed by atoms with van der Waals surface area (Å²) in [7, 11) is 2.92. The predicted molar refractivity (Wildman–Crippen MR) is 108 cm³/mol. The summed E-state index contributed by atoms with van der Waals surface area (Å²) in [6.45, 7) is -0.146. The fourth-order valence-corrected chi connectivity index (χ4v) is 3.58. The first-order chi connectivity index (χ1) is 15.5. The molecule has 5 aromatic rings. The summed E-state index contributed by atoms with van der Waals surface area (Å²) in [4.78, 5) is 17.1. The van der Waals surface area contributed by atoms with Gasteiger partial charge in [-0.3, -0.25) is 4.57 Å². The van der Waals surface area contributed by atoms with Crippen LogP contribution in [0.1, 0.15) is 5.56 Å². The van der Waals surface area contributed by atoms with Crippen molar-refractivity contribution in [1.82, 2.24) is 29.1 Å². The summed E-state index contributed by atoms with van der Waals surface area (Å²) in [5.74, 6) is -3.67. The Hall–Kier alpha value is -4.15. The second-order valence-electron chi connectivity index (χ2n) is 6.86. The van der Waals surface area contributed by atoms with Crippen LogP contribution in [0.3, 0.4) is 0 Å². The smallest absolute Gasteiger partial charge is 0.298 e. The Morgan fingerprint density at radius 2 is 1.81 bits per heavy atom. The number of ether oxygens (including phenoxy) is 2. The van der Waals surface area contributed by atoms with Gasteiger partial charge < -0.3 is 14.0 Å². The zero-order valence-electron chi connectivity index (χ0n) is 16.9. The van der Waals surface area contributed by atoms with Crippen molar-refractivity contribution in [3.63, 3.8) is 0 Å². The van der Waals surface area contributed by atoms with Gasteiger partial charge in [-0.15, -0.1) is 0 Å². The number of halogens is 3. The Labute approximate surface area is 178 Å². The highest BCUT2D eigenvalue weighted by Crippen LogP contribution is 2.29. The van der Waals surface area contributed by atoms with Crippen LogP contribution in [0.2, 0.25) is 0 Å². The molecule has 32 heavy (non-hydrogen) atoms. The molecule has 0 aliphatic carbocycles. The van der Waals surface area contributed by atoms with Gasteiger partial charge in [0.2, 0.25) is 5.88 Å². The van der Waals surface area contributed by atoms with Crippen LogP contribution in [0, 0.1) is 17.5 Å². The van der Waals surface area contributed by atoms with E-state index in [4.69, 9.17) is 9.47 Å². The normalized spacial score (nSPS) is 11.4. The minimum absolute atomic E-state index is 0.0617. The van der Waals surface area contributed by atoms with Crippen LogP contribution in [0.5, 0.6) is 11.9 Å². The zero-order valence-corrected chi connectivity index (χ0v) is 16.9. The fraction of sp³-hybridized carbons (Fsp3) is 0.143. The molecule has 0 fully saturated rings. The highest BCUT2D eigenvalue weighted by Gasteiger charge is 2.19. The quantitative estimate of drug-likeness (QED) is 0.388. The SMILES string of the molecule is COc1ncnc2ccn(-c3cnc4nc(OC)n(Cc5ccc(F)c(F)c5F)c4c3)c12. The van der Waals surface area contributed by atoms with E-state index < -0.39 is 17.5 Å². The van der Waals surface area contributed by atoms with Crippen LogP contribution in [0.15, 0.2) is 43.0 Å². The number of aromatic nitrogens is 6. The van der Waals surface area contributed by atoms with Crippen molar-refractivity contribution in [2.45, 2.75) is 6.54 Å². The van der Waals surface area contributed by atoms with Crippen molar-refractivity contribution in [3.05, 3.63) is 66.0 Å². The molecule has 0 N–H and O–H groups in total. The van der Waals surface area contributed by atoms with Crippen molar-refractivity contribution in [1.29, 1.82) is 0 Å². The molecule has 0 amide bonds. The maximum Gasteiger partial charge on any atom is 0.298 e. The van der Waals surface area contributed by atoms with Crippen LogP contribution in [0.4, 0.5) is 13.2 Å². The van der Waals surface area contributed by atoms with E-state index in [1.54, 1.807) is 29.1 Å². The van der Waals surface area contributed by atoms with Gasteiger partial charge in [-0.2, -0.15) is 9.97 Å². The maximum atomic E-state index is 14.3. The molecule has 5 rings (SSSR count). The summed E-state index contributed by atoms with van der Waals surface area (Å²) in [6, 6.07) is 5.77. The summed E-state index contributed by atoms with van der Waals surface area (Å²) < 4.78 is 55.4. The van der Waals surface area contributed by atoms with Gasteiger partial charge in [0.05, 0.1) is 43.7 Å². The van der Waals surface area contributed by atoms with Crippen LogP contribution in [-0.2, 0) is 6.54 Å². The monoisotopic (exact) mass is 440 g/mol. The molecule has 0 saturated heterocycles. The van der Waals surface area contributed by atoms with E-state index in [1.807, 2.05) is 0 Å². The molecular formula is C21H15F3N6O2. The minimum Gasteiger partial charge on any atom is -0.479 e. The molecule has 0 radical (unpaired) electrons. The first-order valence-corrected chi connectivity index (χ1v) is 9.41. The summed E-state index contributed by atoms with van der Waals surface area (Å²) in [5, 5.41) is 0. The lowest BCUT2D eigenvalue weighted by molar-refractivity contribution is 0.362. The zero-order chi connectivity index (χ0) is 22.4. The van der Waals surface area contributed by atoms with E-state index in [0.29, 0.717) is 33.8 Å². The molecule has 4 aromatic heterocycles. The standard InChI is InChI=1S/C21H15F3N6O2/c1-31-20-18-14(26-10-27-20)5-6-29(18)12-7-15-19(25-8-12)28-21(32-2)30(15)9-11-3-4-13(22)17(24)16(11)23/h3-8,10H,9H2,1-2H3. The Morgan fingerprint density at radius 3 is 2.59 bits per heavy atom. The number of imidazole rings is 1. The molecule has 0 aliphatic heterocycles. The molecule has 4 heterocycles. The van der Waals surface area contributed by atoms with E-state index in [1.165, 1.54) is 31.2 Å². The fourth-order valence-electron chi connectivity index (χ4n) is 3.58. The molecule has 11 heteroatoms. The number of methoxy groups -OCH3 is 2. The lowest BCUT2D eigenvalue weighted by Crippen LogP contribution is -2.07. The molecule has 0 saturated carbocycles. The second-order valence-corrected chi connectivity index (χ2v) is 6.86. The molecule has 1 aromatic carbocycles. The first kappa shape index (κ1) is 19.8. The van der Waals surface area contributed by atoms with Crippen molar-refractivity contribution < 1.29 is 22.6 Å². The van der Waals surface area contributed by atoms with Gasteiger partial charge in [0, 0.05) is 11.8 Å². The van der Waals surface area contributed by atoms with E-state index >= 15 is 0 Å². The Kier molecular flexibility index (Phi) is 4.65. The summed E-state index contributed by atoms with van der Waals surface area (Å²) in [6.07, 6.45) is 4.80. The molecule has 0 spiro atoms. The largest absolute Gasteiger partial charge is 0.479 e. The predicted octanol–water partition coefficient (Wildman–Crippen LogP) is 3.65. The van der Waals surface area contributed by atoms with Gasteiger partial charge in [-0.1, -0.05) is 6.07 Å². The van der Waals surface area contributed by atoms with Crippen molar-refractivity contribution >= 4 is 22.2 Å². The maximum absolute atomic E-state index is 14.3. The summed E-state index contributed by atoms with van der Waals surface area (Å²) in [5.41, 5.74) is 2.73. The third-order valence-electron chi connectivity index (χ3n) is 5.09. The van der Waals surface area contributed by atoms with E-state index in [2.05, 4.69) is 19.9 Å². The van der Waals surface area contributed by atoms with Gasteiger partial charge in [0.1, 0.15) is 11.8 Å². The number of rotatable bonds is 5. The average molecular weight is 440 g/mol. The highest BCUT2D eigenvalue weighted by molar-refractivity contribution is 5.83. The van der Waals surface area contributed by atoms with E-state index in [9.17, 15) is 13.2 Å². The van der Waals surface area contributed by atoms with Crippen LogP contribution >= 0.6 is 0 Å². The Bertz CT molecular complexity index is 1480. The second kappa shape index (κ2) is 7.52. The molecule has 8 nitrogen and oxygen atoms in total. The Balaban J connectivity index is 1.68. The Morgan fingerprint density at radius 1 is 0.969 bits per heavy atom. The van der Waals surface area contributed by atoms with Gasteiger partial charge >= 0.3 is 0 Å². The highest BCUT2D eigenvalue weighted by atomic mass is 19.2. The number of hydrogen-bond donors (Lipinski definition) is 0. The van der Waals surface area contributed by atoms with Crippen LogP contribution in [-0.4, -0.2) is 43.3 Å². The van der Waals surface area contributed by atoms with Gasteiger partial charge in [0.25, 0.3) is 6.01 Å². The van der Waals surface area contributed by atoms with Gasteiger partial charge in [-0.05, 0) is 18.2 Å². The number of fused-ring (bicyclic) bond motifs is 2. The number of pyridine rings is 1. The minimum atomic E-state index is -1.53. The third-order valence-corrected chi connectivity index (χ3v) is 5.09. The number of hydrogen-bond acceptors (Lipinski definition) is 6. The summed E-state index contributed by atoms with van der Waals surface area (Å²) >= 11 is 0. The van der Waals surface area contributed by atoms with Crippen molar-refractivity contribution in [3.8, 4) is 17.6 Å². The van der Waals surface area contributed by atoms with Gasteiger partial charge in [0.15, 0.2) is 23.1 Å². The van der Waals surface area contributed by atoms with Crippen molar-refractivity contribution in [2.75, 3.05) is 14.2 Å². The average Bonchev–Trinajstić information content (AvgIpc) is 3.40. The van der Waals surface area contributed by atoms with Crippen molar-refractivity contribution in [2.24, 2.45) is 0 Å². The topological polar surface area (TPSA) is 79.9 Å². The van der Waals surface area contributed by atoms with E-state index in [0.717, 1.165) is 6.07 Å². The lowest BCUT2D eigenvalue weighted by Gasteiger charge is -2.11. The van der Waals surface area contributed by atoms with Crippen LogP contribution < -0.4 is 9.47 Å². The first-order valence-electron chi connectivity index (χ1n) is 9.41. The molecule has 162 valence electrons. The molecular weight excluding hydrogens is 425 g/mol. The molecule has 0 atom stereocenters. The van der Waals surface area contributed by atoms with Gasteiger partial charge in [-0.25, -0.2) is 23.1 Å². The van der Waals surface area contributed by atoms with E-state index in [-0.39, 0.29) is 18.1 Å². The molecule has 0 aliphatic rings. The lowest BCUT2D eigenvalue weighted by atomic mass is 10.2. The molecule has 0 bridgehead atoms. The van der Waals surface area contributed by atoms with Crippen LogP contribution in [0.25, 0.3) is 27.9 Å². The third kappa shape index (κ3) is 3.01. The number of benzene rings is 1. The molecule has 0 unspecified atom stereocenters.